The zero-order valence-electron chi connectivity index (χ0n) is 9.40. The highest BCUT2D eigenvalue weighted by molar-refractivity contribution is 5.80. The van der Waals surface area contributed by atoms with E-state index in [4.69, 9.17) is 0 Å². The van der Waals surface area contributed by atoms with Crippen LogP contribution in [-0.4, -0.2) is 27.3 Å². The molecule has 2 heterocycles. The number of Topliss-reactive ketones (excluding diaryl/α,β-unsaturated/α-hetero) is 1. The maximum atomic E-state index is 10.8. The molecule has 0 amide bonds. The lowest BCUT2D eigenvalue weighted by Crippen LogP contribution is -2.11. The van der Waals surface area contributed by atoms with Crippen molar-refractivity contribution in [3.05, 3.63) is 30.7 Å². The Morgan fingerprint density at radius 3 is 2.94 bits per heavy atom. The number of carbonyl (C=O) groups excluding carboxylic acids is 1. The Bertz CT molecular complexity index is 494. The van der Waals surface area contributed by atoms with E-state index in [1.165, 1.54) is 13.3 Å². The number of aromatic nitrogens is 3. The summed E-state index contributed by atoms with van der Waals surface area (Å²) in [6.07, 6.45) is 3.26. The molecule has 2 rings (SSSR count). The van der Waals surface area contributed by atoms with E-state index in [2.05, 4.69) is 25.6 Å². The van der Waals surface area contributed by atoms with Crippen molar-refractivity contribution in [1.82, 2.24) is 15.0 Å². The van der Waals surface area contributed by atoms with Crippen LogP contribution in [0.15, 0.2) is 30.7 Å². The first-order valence-corrected chi connectivity index (χ1v) is 5.20. The average Bonchev–Trinajstić information content (AvgIpc) is 2.80. The summed E-state index contributed by atoms with van der Waals surface area (Å²) >= 11 is 0. The number of ketones is 1. The van der Waals surface area contributed by atoms with Gasteiger partial charge in [-0.15, -0.1) is 0 Å². The summed E-state index contributed by atoms with van der Waals surface area (Å²) in [7, 11) is 0. The third kappa shape index (κ3) is 3.30. The van der Waals surface area contributed by atoms with Gasteiger partial charge in [0.2, 0.25) is 0 Å². The number of nitrogens with one attached hydrogen (secondary N) is 3. The second-order valence-corrected chi connectivity index (χ2v) is 3.55. The Kier molecular flexibility index (Phi) is 3.34. The molecule has 0 aromatic carbocycles. The van der Waals surface area contributed by atoms with E-state index >= 15 is 0 Å². The molecule has 88 valence electrons. The van der Waals surface area contributed by atoms with E-state index in [-0.39, 0.29) is 12.3 Å². The fraction of sp³-hybridized carbons (Fsp3) is 0.182. The number of hydrogen-bond donors (Lipinski definition) is 3. The van der Waals surface area contributed by atoms with E-state index in [1.54, 1.807) is 6.07 Å². The van der Waals surface area contributed by atoms with Crippen LogP contribution in [0.5, 0.6) is 0 Å². The highest BCUT2D eigenvalue weighted by atomic mass is 16.1. The van der Waals surface area contributed by atoms with Gasteiger partial charge >= 0.3 is 0 Å². The summed E-state index contributed by atoms with van der Waals surface area (Å²) in [4.78, 5) is 21.9. The number of nitrogens with zero attached hydrogens (tertiary/aromatic N) is 2. The van der Waals surface area contributed by atoms with Gasteiger partial charge in [-0.1, -0.05) is 0 Å². The zero-order valence-corrected chi connectivity index (χ0v) is 9.40. The van der Waals surface area contributed by atoms with E-state index in [0.29, 0.717) is 11.6 Å². The van der Waals surface area contributed by atoms with Crippen molar-refractivity contribution in [2.45, 2.75) is 6.92 Å². The van der Waals surface area contributed by atoms with Crippen LogP contribution in [0.3, 0.4) is 0 Å². The normalized spacial score (nSPS) is 9.94. The predicted molar refractivity (Wildman–Crippen MR) is 65.3 cm³/mol. The van der Waals surface area contributed by atoms with Crippen LogP contribution in [-0.2, 0) is 4.79 Å². The number of aromatic amines is 1. The minimum absolute atomic E-state index is 0.0579. The molecule has 3 N–H and O–H groups in total. The molecule has 2 aromatic rings. The van der Waals surface area contributed by atoms with Crippen molar-refractivity contribution in [1.29, 1.82) is 0 Å². The van der Waals surface area contributed by atoms with Crippen molar-refractivity contribution >= 4 is 23.2 Å². The third-order valence-electron chi connectivity index (χ3n) is 2.05. The van der Waals surface area contributed by atoms with Crippen LogP contribution in [0.1, 0.15) is 6.92 Å². The lowest BCUT2D eigenvalue weighted by atomic mass is 10.4. The summed E-state index contributed by atoms with van der Waals surface area (Å²) < 4.78 is 0. The minimum atomic E-state index is 0.0579. The molecule has 0 saturated carbocycles. The molecule has 0 fully saturated rings. The van der Waals surface area contributed by atoms with Gasteiger partial charge in [0, 0.05) is 12.3 Å². The first kappa shape index (κ1) is 11.1. The largest absolute Gasteiger partial charge is 0.363 e. The van der Waals surface area contributed by atoms with Gasteiger partial charge in [-0.05, 0) is 19.1 Å². The number of H-pyrrole nitrogens is 1. The van der Waals surface area contributed by atoms with Crippen LogP contribution in [0.4, 0.5) is 17.5 Å². The second-order valence-electron chi connectivity index (χ2n) is 3.55. The van der Waals surface area contributed by atoms with Crippen molar-refractivity contribution in [3.63, 3.8) is 0 Å². The average molecular weight is 231 g/mol. The van der Waals surface area contributed by atoms with Gasteiger partial charge in [-0.3, -0.25) is 4.79 Å². The van der Waals surface area contributed by atoms with Crippen molar-refractivity contribution in [2.75, 3.05) is 17.2 Å². The minimum Gasteiger partial charge on any atom is -0.363 e. The quantitative estimate of drug-likeness (QED) is 0.727. The summed E-state index contributed by atoms with van der Waals surface area (Å²) in [6, 6.07) is 5.52. The Morgan fingerprint density at radius 1 is 1.41 bits per heavy atom. The highest BCUT2D eigenvalue weighted by Crippen LogP contribution is 2.13. The number of anilines is 3. The molecule has 0 aliphatic carbocycles. The number of rotatable bonds is 5. The van der Waals surface area contributed by atoms with E-state index in [0.717, 1.165) is 5.82 Å². The van der Waals surface area contributed by atoms with Gasteiger partial charge in [0.1, 0.15) is 29.6 Å². The predicted octanol–water partition coefficient (Wildman–Crippen LogP) is 1.55. The standard InChI is InChI=1S/C11H13N5O/c1-8(17)6-13-10-5-11(15-7-14-10)16-9-3-2-4-12-9/h2-5,7,12H,6H2,1H3,(H2,13,14,15,16). The molecular weight excluding hydrogens is 218 g/mol. The molecule has 0 aliphatic rings. The van der Waals surface area contributed by atoms with E-state index in [9.17, 15) is 4.79 Å². The smallest absolute Gasteiger partial charge is 0.148 e. The molecule has 0 radical (unpaired) electrons. The summed E-state index contributed by atoms with van der Waals surface area (Å²) in [5.41, 5.74) is 0. The van der Waals surface area contributed by atoms with Crippen LogP contribution in [0.2, 0.25) is 0 Å². The summed E-state index contributed by atoms with van der Waals surface area (Å²) in [5, 5.41) is 5.99. The van der Waals surface area contributed by atoms with Gasteiger partial charge in [-0.25, -0.2) is 9.97 Å². The molecule has 6 heteroatoms. The van der Waals surface area contributed by atoms with Crippen LogP contribution in [0, 0.1) is 0 Å². The van der Waals surface area contributed by atoms with Gasteiger partial charge in [0.05, 0.1) is 6.54 Å². The summed E-state index contributed by atoms with van der Waals surface area (Å²) in [6.45, 7) is 1.78. The second kappa shape index (κ2) is 5.11. The monoisotopic (exact) mass is 231 g/mol. The lowest BCUT2D eigenvalue weighted by Gasteiger charge is -2.06. The maximum absolute atomic E-state index is 10.8. The molecule has 0 atom stereocenters. The van der Waals surface area contributed by atoms with E-state index in [1.807, 2.05) is 18.3 Å². The highest BCUT2D eigenvalue weighted by Gasteiger charge is 2.00. The Morgan fingerprint density at radius 2 is 2.24 bits per heavy atom. The van der Waals surface area contributed by atoms with Gasteiger partial charge < -0.3 is 15.6 Å². The van der Waals surface area contributed by atoms with Crippen molar-refractivity contribution < 1.29 is 4.79 Å². The number of carbonyl (C=O) groups is 1. The topological polar surface area (TPSA) is 82.7 Å². The molecule has 0 spiro atoms. The van der Waals surface area contributed by atoms with Crippen molar-refractivity contribution in [3.8, 4) is 0 Å². The van der Waals surface area contributed by atoms with Crippen LogP contribution < -0.4 is 10.6 Å². The Hall–Kier alpha value is -2.37. The van der Waals surface area contributed by atoms with Gasteiger partial charge in [0.25, 0.3) is 0 Å². The molecule has 0 saturated heterocycles. The first-order valence-electron chi connectivity index (χ1n) is 5.20. The molecule has 17 heavy (non-hydrogen) atoms. The van der Waals surface area contributed by atoms with Crippen LogP contribution in [0.25, 0.3) is 0 Å². The molecule has 0 bridgehead atoms. The fourth-order valence-electron chi connectivity index (χ4n) is 1.28. The fourth-order valence-corrected chi connectivity index (χ4v) is 1.28. The first-order chi connectivity index (χ1) is 8.24. The SMILES string of the molecule is CC(=O)CNc1cc(Nc2ccc[nH]2)ncn1. The zero-order chi connectivity index (χ0) is 12.1. The lowest BCUT2D eigenvalue weighted by molar-refractivity contribution is -0.115. The molecule has 2 aromatic heterocycles. The Labute approximate surface area is 98.5 Å². The molecular formula is C11H13N5O. The summed E-state index contributed by atoms with van der Waals surface area (Å²) in [5.74, 6) is 2.18. The maximum Gasteiger partial charge on any atom is 0.148 e. The molecule has 0 aliphatic heterocycles. The van der Waals surface area contributed by atoms with Gasteiger partial charge in [-0.2, -0.15) is 0 Å². The van der Waals surface area contributed by atoms with Crippen LogP contribution >= 0.6 is 0 Å². The van der Waals surface area contributed by atoms with E-state index < -0.39 is 0 Å². The number of hydrogen-bond acceptors (Lipinski definition) is 5. The third-order valence-corrected chi connectivity index (χ3v) is 2.05. The van der Waals surface area contributed by atoms with Crippen molar-refractivity contribution in [2.24, 2.45) is 0 Å². The Balaban J connectivity index is 2.03. The molecule has 0 unspecified atom stereocenters. The van der Waals surface area contributed by atoms with Gasteiger partial charge in [0.15, 0.2) is 0 Å². The molecule has 6 nitrogen and oxygen atoms in total.